The van der Waals surface area contributed by atoms with Crippen LogP contribution in [-0.4, -0.2) is 10.7 Å². The van der Waals surface area contributed by atoms with Crippen molar-refractivity contribution in [3.63, 3.8) is 0 Å². The Labute approximate surface area is 82.7 Å². The fourth-order valence-corrected chi connectivity index (χ4v) is 2.40. The number of thiazole rings is 1. The Morgan fingerprint density at radius 2 is 2.00 bits per heavy atom. The molecule has 2 nitrogen and oxygen atoms in total. The molecular formula is C10H14N2S. The number of rotatable bonds is 0. The van der Waals surface area contributed by atoms with Gasteiger partial charge in [0.2, 0.25) is 0 Å². The molecule has 0 fully saturated rings. The van der Waals surface area contributed by atoms with Crippen LogP contribution in [0.25, 0.3) is 0 Å². The Hall–Kier alpha value is -0.700. The third-order valence-corrected chi connectivity index (χ3v) is 3.45. The van der Waals surface area contributed by atoms with E-state index in [-0.39, 0.29) is 5.41 Å². The van der Waals surface area contributed by atoms with Gasteiger partial charge in [-0.15, -0.1) is 0 Å². The van der Waals surface area contributed by atoms with Gasteiger partial charge in [-0.1, -0.05) is 32.1 Å². The minimum absolute atomic E-state index is 0.165. The van der Waals surface area contributed by atoms with Gasteiger partial charge < -0.3 is 0 Å². The lowest BCUT2D eigenvalue weighted by molar-refractivity contribution is 0.584. The normalized spacial score (nSPS) is 15.8. The predicted octanol–water partition coefficient (Wildman–Crippen LogP) is 3.09. The van der Waals surface area contributed by atoms with Gasteiger partial charge in [-0.25, -0.2) is 9.98 Å². The third kappa shape index (κ3) is 1.53. The number of aromatic nitrogens is 1. The molecular weight excluding hydrogens is 180 g/mol. The molecule has 0 saturated carbocycles. The van der Waals surface area contributed by atoms with Crippen LogP contribution in [0, 0.1) is 0 Å². The first-order valence-corrected chi connectivity index (χ1v) is 5.33. The van der Waals surface area contributed by atoms with Crippen LogP contribution >= 0.6 is 11.3 Å². The zero-order valence-corrected chi connectivity index (χ0v) is 9.33. The van der Waals surface area contributed by atoms with E-state index < -0.39 is 0 Å². The number of aliphatic imine (C=N–C) groups is 1. The van der Waals surface area contributed by atoms with Gasteiger partial charge in [0.05, 0.1) is 5.69 Å². The standard InChI is InChI=1S/C10H14N2S/c1-6-5-7-8(11-6)13-9(12-7)10(2,3)4/h5H2,1-4H3. The maximum absolute atomic E-state index is 4.62. The maximum Gasteiger partial charge on any atom is 0.139 e. The molecule has 0 aliphatic carbocycles. The highest BCUT2D eigenvalue weighted by atomic mass is 32.1. The Morgan fingerprint density at radius 3 is 2.54 bits per heavy atom. The summed E-state index contributed by atoms with van der Waals surface area (Å²) in [4.78, 5) is 9.08. The second kappa shape index (κ2) is 2.64. The molecule has 1 aromatic rings. The summed E-state index contributed by atoms with van der Waals surface area (Å²) in [6.07, 6.45) is 0.946. The predicted molar refractivity (Wildman–Crippen MR) is 57.3 cm³/mol. The average molecular weight is 194 g/mol. The van der Waals surface area contributed by atoms with E-state index in [0.29, 0.717) is 0 Å². The molecule has 0 amide bonds. The van der Waals surface area contributed by atoms with Gasteiger partial charge in [-0.05, 0) is 6.92 Å². The molecule has 1 aliphatic heterocycles. The number of nitrogens with zero attached hydrogens (tertiary/aromatic N) is 2. The zero-order valence-electron chi connectivity index (χ0n) is 8.51. The molecule has 1 aromatic heterocycles. The molecule has 0 atom stereocenters. The van der Waals surface area contributed by atoms with E-state index in [1.54, 1.807) is 11.3 Å². The summed E-state index contributed by atoms with van der Waals surface area (Å²) in [6, 6.07) is 0. The molecule has 2 heterocycles. The van der Waals surface area contributed by atoms with Crippen LogP contribution in [-0.2, 0) is 11.8 Å². The molecule has 13 heavy (non-hydrogen) atoms. The van der Waals surface area contributed by atoms with E-state index in [9.17, 15) is 0 Å². The Bertz CT molecular complexity index is 369. The van der Waals surface area contributed by atoms with Gasteiger partial charge >= 0.3 is 0 Å². The second-order valence-corrected chi connectivity index (χ2v) is 5.52. The second-order valence-electron chi connectivity index (χ2n) is 4.54. The molecule has 0 aromatic carbocycles. The van der Waals surface area contributed by atoms with Crippen molar-refractivity contribution in [3.05, 3.63) is 10.7 Å². The van der Waals surface area contributed by atoms with E-state index in [0.717, 1.165) is 11.4 Å². The van der Waals surface area contributed by atoms with Crippen molar-refractivity contribution in [2.24, 2.45) is 4.99 Å². The highest BCUT2D eigenvalue weighted by Gasteiger charge is 2.23. The SMILES string of the molecule is CC1=Nc2sc(C(C)(C)C)nc2C1. The monoisotopic (exact) mass is 194 g/mol. The van der Waals surface area contributed by atoms with E-state index >= 15 is 0 Å². The van der Waals surface area contributed by atoms with Crippen LogP contribution in [0.5, 0.6) is 0 Å². The summed E-state index contributed by atoms with van der Waals surface area (Å²) < 4.78 is 0. The van der Waals surface area contributed by atoms with Gasteiger partial charge in [0.25, 0.3) is 0 Å². The van der Waals surface area contributed by atoms with Crippen LogP contribution in [0.15, 0.2) is 4.99 Å². The Balaban J connectivity index is 2.41. The first kappa shape index (κ1) is 8.88. The molecule has 0 N–H and O–H groups in total. The minimum Gasteiger partial charge on any atom is -0.245 e. The van der Waals surface area contributed by atoms with Crippen molar-refractivity contribution < 1.29 is 0 Å². The third-order valence-electron chi connectivity index (χ3n) is 2.03. The summed E-state index contributed by atoms with van der Waals surface area (Å²) in [5.41, 5.74) is 2.53. The molecule has 1 aliphatic rings. The van der Waals surface area contributed by atoms with Gasteiger partial charge in [-0.3, -0.25) is 0 Å². The lowest BCUT2D eigenvalue weighted by Gasteiger charge is -2.13. The summed E-state index contributed by atoms with van der Waals surface area (Å²) in [6.45, 7) is 8.64. The van der Waals surface area contributed by atoms with E-state index in [1.807, 2.05) is 0 Å². The fraction of sp³-hybridized carbons (Fsp3) is 0.600. The lowest BCUT2D eigenvalue weighted by Crippen LogP contribution is -2.10. The van der Waals surface area contributed by atoms with Gasteiger partial charge in [-0.2, -0.15) is 0 Å². The summed E-state index contributed by atoms with van der Waals surface area (Å²) in [5.74, 6) is 0. The van der Waals surface area contributed by atoms with Crippen molar-refractivity contribution >= 4 is 22.0 Å². The average Bonchev–Trinajstić information content (AvgIpc) is 2.40. The molecule has 0 spiro atoms. The van der Waals surface area contributed by atoms with Gasteiger partial charge in [0.15, 0.2) is 0 Å². The van der Waals surface area contributed by atoms with E-state index in [2.05, 4.69) is 37.7 Å². The molecule has 0 bridgehead atoms. The smallest absolute Gasteiger partial charge is 0.139 e. The van der Waals surface area contributed by atoms with Crippen molar-refractivity contribution in [2.75, 3.05) is 0 Å². The fourth-order valence-electron chi connectivity index (χ4n) is 1.32. The summed E-state index contributed by atoms with van der Waals surface area (Å²) in [5, 5.41) is 2.33. The maximum atomic E-state index is 4.62. The zero-order chi connectivity index (χ0) is 9.64. The highest BCUT2D eigenvalue weighted by molar-refractivity contribution is 7.15. The molecule has 3 heteroatoms. The number of hydrogen-bond acceptors (Lipinski definition) is 3. The summed E-state index contributed by atoms with van der Waals surface area (Å²) >= 11 is 1.73. The largest absolute Gasteiger partial charge is 0.245 e. The number of hydrogen-bond donors (Lipinski definition) is 0. The van der Waals surface area contributed by atoms with Crippen molar-refractivity contribution in [1.29, 1.82) is 0 Å². The van der Waals surface area contributed by atoms with E-state index in [1.165, 1.54) is 16.4 Å². The first-order chi connectivity index (χ1) is 5.97. The van der Waals surface area contributed by atoms with Crippen molar-refractivity contribution in [2.45, 2.75) is 39.5 Å². The quantitative estimate of drug-likeness (QED) is 0.623. The number of fused-ring (bicyclic) bond motifs is 1. The highest BCUT2D eigenvalue weighted by Crippen LogP contribution is 2.37. The van der Waals surface area contributed by atoms with Gasteiger partial charge in [0.1, 0.15) is 10.0 Å². The summed E-state index contributed by atoms with van der Waals surface area (Å²) in [7, 11) is 0. The Kier molecular flexibility index (Phi) is 1.80. The van der Waals surface area contributed by atoms with Gasteiger partial charge in [0, 0.05) is 17.5 Å². The van der Waals surface area contributed by atoms with Crippen LogP contribution in [0.1, 0.15) is 38.4 Å². The van der Waals surface area contributed by atoms with Crippen LogP contribution < -0.4 is 0 Å². The Morgan fingerprint density at radius 1 is 1.31 bits per heavy atom. The van der Waals surface area contributed by atoms with Crippen molar-refractivity contribution in [1.82, 2.24) is 4.98 Å². The molecule has 70 valence electrons. The minimum atomic E-state index is 0.165. The molecule has 0 radical (unpaired) electrons. The first-order valence-electron chi connectivity index (χ1n) is 4.51. The molecule has 0 saturated heterocycles. The topological polar surface area (TPSA) is 25.2 Å². The molecule has 0 unspecified atom stereocenters. The van der Waals surface area contributed by atoms with E-state index in [4.69, 9.17) is 0 Å². The molecule has 2 rings (SSSR count). The van der Waals surface area contributed by atoms with Crippen LogP contribution in [0.2, 0.25) is 0 Å². The lowest BCUT2D eigenvalue weighted by atomic mass is 9.98. The van der Waals surface area contributed by atoms with Crippen molar-refractivity contribution in [3.8, 4) is 0 Å². The van der Waals surface area contributed by atoms with Crippen LogP contribution in [0.4, 0.5) is 5.00 Å². The van der Waals surface area contributed by atoms with Crippen LogP contribution in [0.3, 0.4) is 0 Å².